The van der Waals surface area contributed by atoms with Gasteiger partial charge >= 0.3 is 5.97 Å². The molecule has 5 heteroatoms. The Morgan fingerprint density at radius 2 is 1.85 bits per heavy atom. The maximum absolute atomic E-state index is 12.7. The van der Waals surface area contributed by atoms with E-state index in [0.29, 0.717) is 26.1 Å². The smallest absolute Gasteiger partial charge is 0.307 e. The molecule has 0 fully saturated rings. The second-order valence-corrected chi connectivity index (χ2v) is 6.57. The van der Waals surface area contributed by atoms with Gasteiger partial charge in [0.2, 0.25) is 5.91 Å². The van der Waals surface area contributed by atoms with Crippen molar-refractivity contribution in [2.24, 2.45) is 0 Å². The van der Waals surface area contributed by atoms with Crippen molar-refractivity contribution in [2.75, 3.05) is 13.2 Å². The number of aryl methyl sites for hydroxylation is 2. The highest BCUT2D eigenvalue weighted by atomic mass is 16.5. The average molecular weight is 368 g/mol. The first-order valence-electron chi connectivity index (χ1n) is 9.46. The number of amides is 1. The number of pyridine rings is 1. The van der Waals surface area contributed by atoms with E-state index in [1.807, 2.05) is 12.1 Å². The molecule has 2 rings (SSSR count). The first-order valence-corrected chi connectivity index (χ1v) is 9.46. The van der Waals surface area contributed by atoms with Gasteiger partial charge in [0.15, 0.2) is 0 Å². The Labute approximate surface area is 161 Å². The molecule has 0 spiro atoms. The van der Waals surface area contributed by atoms with Crippen molar-refractivity contribution < 1.29 is 14.3 Å². The van der Waals surface area contributed by atoms with Gasteiger partial charge in [-0.05, 0) is 43.9 Å². The number of benzene rings is 1. The van der Waals surface area contributed by atoms with Crippen LogP contribution in [0.25, 0.3) is 0 Å². The summed E-state index contributed by atoms with van der Waals surface area (Å²) in [7, 11) is 0. The number of hydrogen-bond donors (Lipinski definition) is 0. The zero-order valence-electron chi connectivity index (χ0n) is 16.2. The van der Waals surface area contributed by atoms with Crippen molar-refractivity contribution in [1.29, 1.82) is 0 Å². The van der Waals surface area contributed by atoms with Gasteiger partial charge in [-0.3, -0.25) is 14.6 Å². The Balaban J connectivity index is 1.90. The Hall–Kier alpha value is -2.69. The van der Waals surface area contributed by atoms with Crippen LogP contribution in [0.2, 0.25) is 0 Å². The summed E-state index contributed by atoms with van der Waals surface area (Å²) in [5.74, 6) is -0.226. The summed E-state index contributed by atoms with van der Waals surface area (Å²) in [5.41, 5.74) is 3.42. The lowest BCUT2D eigenvalue weighted by Gasteiger charge is -2.22. The molecule has 1 aromatic carbocycles. The summed E-state index contributed by atoms with van der Waals surface area (Å²) in [6.45, 7) is 5.01. The van der Waals surface area contributed by atoms with Crippen LogP contribution in [0.4, 0.5) is 0 Å². The molecule has 1 aromatic heterocycles. The van der Waals surface area contributed by atoms with Gasteiger partial charge in [0.05, 0.1) is 13.0 Å². The second kappa shape index (κ2) is 11.1. The van der Waals surface area contributed by atoms with Gasteiger partial charge in [-0.25, -0.2) is 0 Å². The fourth-order valence-electron chi connectivity index (χ4n) is 2.82. The predicted octanol–water partition coefficient (Wildman–Crippen LogP) is 3.69. The van der Waals surface area contributed by atoms with E-state index in [9.17, 15) is 9.59 Å². The van der Waals surface area contributed by atoms with Gasteiger partial charge in [0.25, 0.3) is 0 Å². The molecule has 0 unspecified atom stereocenters. The molecule has 0 radical (unpaired) electrons. The van der Waals surface area contributed by atoms with Gasteiger partial charge < -0.3 is 9.64 Å². The highest BCUT2D eigenvalue weighted by Gasteiger charge is 2.16. The van der Waals surface area contributed by atoms with E-state index < -0.39 is 0 Å². The lowest BCUT2D eigenvalue weighted by Crippen LogP contribution is -2.32. The summed E-state index contributed by atoms with van der Waals surface area (Å²) >= 11 is 0. The average Bonchev–Trinajstić information content (AvgIpc) is 2.67. The molecule has 0 N–H and O–H groups in total. The van der Waals surface area contributed by atoms with Crippen LogP contribution >= 0.6 is 0 Å². The Morgan fingerprint density at radius 3 is 2.52 bits per heavy atom. The van der Waals surface area contributed by atoms with Crippen molar-refractivity contribution in [3.63, 3.8) is 0 Å². The van der Waals surface area contributed by atoms with E-state index >= 15 is 0 Å². The first kappa shape index (κ1) is 20.6. The van der Waals surface area contributed by atoms with Crippen molar-refractivity contribution in [3.05, 3.63) is 65.5 Å². The van der Waals surface area contributed by atoms with E-state index in [1.165, 1.54) is 11.1 Å². The molecule has 0 aliphatic rings. The van der Waals surface area contributed by atoms with E-state index in [2.05, 4.69) is 36.2 Å². The highest BCUT2D eigenvalue weighted by Crippen LogP contribution is 2.11. The minimum Gasteiger partial charge on any atom is -0.466 e. The highest BCUT2D eigenvalue weighted by molar-refractivity contribution is 5.77. The molecule has 144 valence electrons. The Bertz CT molecular complexity index is 714. The zero-order valence-corrected chi connectivity index (χ0v) is 16.2. The Morgan fingerprint density at radius 1 is 1.07 bits per heavy atom. The van der Waals surface area contributed by atoms with Crippen molar-refractivity contribution in [3.8, 4) is 0 Å². The van der Waals surface area contributed by atoms with E-state index in [4.69, 9.17) is 4.74 Å². The number of rotatable bonds is 10. The van der Waals surface area contributed by atoms with Gasteiger partial charge in [-0.15, -0.1) is 0 Å². The third kappa shape index (κ3) is 7.60. The lowest BCUT2D eigenvalue weighted by molar-refractivity contribution is -0.144. The third-order valence-corrected chi connectivity index (χ3v) is 4.32. The number of ether oxygens (including phenoxy) is 1. The standard InChI is InChI=1S/C22H28N2O3/c1-3-27-22(26)13-15-24(17-20-7-5-14-23-16-20)21(25)8-4-6-19-11-9-18(2)10-12-19/h5,7,9-12,14,16H,3-4,6,8,13,15,17H2,1-2H3. The SMILES string of the molecule is CCOC(=O)CCN(Cc1cccnc1)C(=O)CCCc1ccc(C)cc1. The predicted molar refractivity (Wildman–Crippen MR) is 105 cm³/mol. The van der Waals surface area contributed by atoms with Gasteiger partial charge in [-0.2, -0.15) is 0 Å². The maximum atomic E-state index is 12.7. The second-order valence-electron chi connectivity index (χ2n) is 6.57. The number of nitrogens with zero attached hydrogens (tertiary/aromatic N) is 2. The Kier molecular flexibility index (Phi) is 8.49. The van der Waals surface area contributed by atoms with Crippen LogP contribution in [0, 0.1) is 6.92 Å². The molecular weight excluding hydrogens is 340 g/mol. The molecule has 27 heavy (non-hydrogen) atoms. The summed E-state index contributed by atoms with van der Waals surface area (Å²) < 4.78 is 4.98. The lowest BCUT2D eigenvalue weighted by atomic mass is 10.1. The summed E-state index contributed by atoms with van der Waals surface area (Å²) in [6, 6.07) is 12.2. The topological polar surface area (TPSA) is 59.5 Å². The van der Waals surface area contributed by atoms with Crippen LogP contribution in [-0.4, -0.2) is 34.9 Å². The number of esters is 1. The molecular formula is C22H28N2O3. The van der Waals surface area contributed by atoms with Crippen molar-refractivity contribution in [1.82, 2.24) is 9.88 Å². The molecule has 0 aliphatic carbocycles. The molecule has 0 saturated carbocycles. The largest absolute Gasteiger partial charge is 0.466 e. The molecule has 2 aromatic rings. The minimum absolute atomic E-state index is 0.0512. The van der Waals surface area contributed by atoms with Crippen LogP contribution in [0.1, 0.15) is 42.9 Å². The van der Waals surface area contributed by atoms with E-state index in [-0.39, 0.29) is 18.3 Å². The number of aromatic nitrogens is 1. The maximum Gasteiger partial charge on any atom is 0.307 e. The molecule has 0 saturated heterocycles. The molecule has 0 atom stereocenters. The van der Waals surface area contributed by atoms with Gasteiger partial charge in [0, 0.05) is 31.9 Å². The molecule has 1 amide bonds. The van der Waals surface area contributed by atoms with Crippen LogP contribution in [-0.2, 0) is 27.3 Å². The van der Waals surface area contributed by atoms with Crippen LogP contribution in [0.5, 0.6) is 0 Å². The summed E-state index contributed by atoms with van der Waals surface area (Å²) in [5, 5.41) is 0. The fraction of sp³-hybridized carbons (Fsp3) is 0.409. The number of carbonyl (C=O) groups is 2. The van der Waals surface area contributed by atoms with E-state index in [1.54, 1.807) is 24.2 Å². The number of hydrogen-bond acceptors (Lipinski definition) is 4. The molecule has 5 nitrogen and oxygen atoms in total. The normalized spacial score (nSPS) is 10.4. The van der Waals surface area contributed by atoms with Crippen molar-refractivity contribution in [2.45, 2.75) is 46.1 Å². The molecule has 0 bridgehead atoms. The fourth-order valence-corrected chi connectivity index (χ4v) is 2.82. The monoisotopic (exact) mass is 368 g/mol. The van der Waals surface area contributed by atoms with Crippen LogP contribution in [0.15, 0.2) is 48.8 Å². The summed E-state index contributed by atoms with van der Waals surface area (Å²) in [4.78, 5) is 30.2. The van der Waals surface area contributed by atoms with Gasteiger partial charge in [-0.1, -0.05) is 35.9 Å². The minimum atomic E-state index is -0.277. The first-order chi connectivity index (χ1) is 13.1. The molecule has 0 aliphatic heterocycles. The third-order valence-electron chi connectivity index (χ3n) is 4.32. The van der Waals surface area contributed by atoms with Gasteiger partial charge in [0.1, 0.15) is 0 Å². The quantitative estimate of drug-likeness (QED) is 0.600. The zero-order chi connectivity index (χ0) is 19.5. The summed E-state index contributed by atoms with van der Waals surface area (Å²) in [6.07, 6.45) is 5.76. The van der Waals surface area contributed by atoms with Crippen LogP contribution < -0.4 is 0 Å². The van der Waals surface area contributed by atoms with E-state index in [0.717, 1.165) is 18.4 Å². The molecule has 1 heterocycles. The van der Waals surface area contributed by atoms with Crippen molar-refractivity contribution >= 4 is 11.9 Å². The van der Waals surface area contributed by atoms with Crippen LogP contribution in [0.3, 0.4) is 0 Å². The number of carbonyl (C=O) groups excluding carboxylic acids is 2.